The Bertz CT molecular complexity index is 690. The minimum absolute atomic E-state index is 0.00608. The highest BCUT2D eigenvalue weighted by Crippen LogP contribution is 2.12. The van der Waals surface area contributed by atoms with E-state index in [1.165, 1.54) is 6.20 Å². The van der Waals surface area contributed by atoms with Gasteiger partial charge in [-0.1, -0.05) is 36.4 Å². The lowest BCUT2D eigenvalue weighted by molar-refractivity contribution is -0.117. The maximum absolute atomic E-state index is 12.1. The molecule has 2 rings (SSSR count). The van der Waals surface area contributed by atoms with Crippen LogP contribution in [0.4, 0.5) is 5.82 Å². The van der Waals surface area contributed by atoms with Gasteiger partial charge in [0, 0.05) is 12.4 Å². The Labute approximate surface area is 129 Å². The van der Waals surface area contributed by atoms with Gasteiger partial charge in [-0.2, -0.15) is 5.26 Å². The van der Waals surface area contributed by atoms with Crippen LogP contribution in [0.5, 0.6) is 0 Å². The zero-order valence-corrected chi connectivity index (χ0v) is 12.2. The van der Waals surface area contributed by atoms with Gasteiger partial charge in [0.25, 0.3) is 5.91 Å². The number of hydrogen-bond donors (Lipinski definition) is 2. The first-order valence-electron chi connectivity index (χ1n) is 6.84. The minimum Gasteiger partial charge on any atom is -0.345 e. The standard InChI is InChI=1S/C17H16N4O/c1-13(14-7-3-2-4-8-14)21-17(22)15(11-18)12-20-16-9-5-6-10-19-16/h2-10,12-13H,1H3,(H,19,20)(H,21,22)/b15-12-. The number of hydrogen-bond acceptors (Lipinski definition) is 4. The molecule has 0 saturated heterocycles. The van der Waals surface area contributed by atoms with Gasteiger partial charge < -0.3 is 10.6 Å². The summed E-state index contributed by atoms with van der Waals surface area (Å²) in [6.07, 6.45) is 2.98. The average molecular weight is 292 g/mol. The van der Waals surface area contributed by atoms with Crippen LogP contribution in [-0.4, -0.2) is 10.9 Å². The van der Waals surface area contributed by atoms with Crippen molar-refractivity contribution >= 4 is 11.7 Å². The van der Waals surface area contributed by atoms with Crippen LogP contribution in [0.2, 0.25) is 0 Å². The number of nitrogens with one attached hydrogen (secondary N) is 2. The van der Waals surface area contributed by atoms with Gasteiger partial charge in [-0.15, -0.1) is 0 Å². The Hall–Kier alpha value is -3.13. The molecule has 22 heavy (non-hydrogen) atoms. The third-order valence-corrected chi connectivity index (χ3v) is 3.04. The number of benzene rings is 1. The molecule has 5 heteroatoms. The van der Waals surface area contributed by atoms with Gasteiger partial charge in [-0.05, 0) is 24.6 Å². The van der Waals surface area contributed by atoms with E-state index in [9.17, 15) is 4.79 Å². The first-order valence-corrected chi connectivity index (χ1v) is 6.84. The number of aromatic nitrogens is 1. The Kier molecular flexibility index (Phi) is 5.27. The molecule has 1 aromatic carbocycles. The molecule has 1 aromatic heterocycles. The van der Waals surface area contributed by atoms with Gasteiger partial charge in [-0.3, -0.25) is 4.79 Å². The van der Waals surface area contributed by atoms with Gasteiger partial charge in [0.15, 0.2) is 0 Å². The van der Waals surface area contributed by atoms with E-state index in [1.54, 1.807) is 18.3 Å². The number of amides is 1. The van der Waals surface area contributed by atoms with Crippen LogP contribution >= 0.6 is 0 Å². The van der Waals surface area contributed by atoms with Crippen LogP contribution < -0.4 is 10.6 Å². The second kappa shape index (κ2) is 7.60. The van der Waals surface area contributed by atoms with Gasteiger partial charge in [0.05, 0.1) is 6.04 Å². The maximum atomic E-state index is 12.1. The lowest BCUT2D eigenvalue weighted by Gasteiger charge is -2.13. The quantitative estimate of drug-likeness (QED) is 0.656. The molecule has 0 radical (unpaired) electrons. The second-order valence-corrected chi connectivity index (χ2v) is 4.63. The van der Waals surface area contributed by atoms with Crippen LogP contribution in [0.15, 0.2) is 66.5 Å². The topological polar surface area (TPSA) is 77.8 Å². The summed E-state index contributed by atoms with van der Waals surface area (Å²) in [5.74, 6) is 0.140. The van der Waals surface area contributed by atoms with Crippen molar-refractivity contribution < 1.29 is 4.79 Å². The predicted octanol–water partition coefficient (Wildman–Crippen LogP) is 2.78. The Balaban J connectivity index is 2.02. The smallest absolute Gasteiger partial charge is 0.263 e. The fourth-order valence-corrected chi connectivity index (χ4v) is 1.84. The van der Waals surface area contributed by atoms with Crippen molar-refractivity contribution in [1.82, 2.24) is 10.3 Å². The molecule has 1 atom stereocenters. The molecule has 2 aromatic rings. The lowest BCUT2D eigenvalue weighted by atomic mass is 10.1. The van der Waals surface area contributed by atoms with E-state index in [1.807, 2.05) is 49.4 Å². The number of nitriles is 1. The van der Waals surface area contributed by atoms with Crippen molar-refractivity contribution in [2.45, 2.75) is 13.0 Å². The highest BCUT2D eigenvalue weighted by atomic mass is 16.1. The van der Waals surface area contributed by atoms with Crippen LogP contribution in [0.3, 0.4) is 0 Å². The first kappa shape index (κ1) is 15.3. The van der Waals surface area contributed by atoms with E-state index in [4.69, 9.17) is 5.26 Å². The summed E-state index contributed by atoms with van der Waals surface area (Å²) in [5.41, 5.74) is 0.972. The predicted molar refractivity (Wildman–Crippen MR) is 84.6 cm³/mol. The molecule has 5 nitrogen and oxygen atoms in total. The summed E-state index contributed by atoms with van der Waals surface area (Å²) >= 11 is 0. The SMILES string of the molecule is CC(NC(=O)/C(C#N)=C\Nc1ccccn1)c1ccccc1. The Morgan fingerprint density at radius 1 is 1.23 bits per heavy atom. The highest BCUT2D eigenvalue weighted by molar-refractivity contribution is 5.97. The number of carbonyl (C=O) groups is 1. The highest BCUT2D eigenvalue weighted by Gasteiger charge is 2.13. The van der Waals surface area contributed by atoms with E-state index < -0.39 is 5.91 Å². The van der Waals surface area contributed by atoms with Gasteiger partial charge in [0.2, 0.25) is 0 Å². The summed E-state index contributed by atoms with van der Waals surface area (Å²) in [4.78, 5) is 16.2. The summed E-state index contributed by atoms with van der Waals surface area (Å²) in [6, 6.07) is 16.6. The summed E-state index contributed by atoms with van der Waals surface area (Å²) < 4.78 is 0. The van der Waals surface area contributed by atoms with E-state index in [2.05, 4.69) is 15.6 Å². The van der Waals surface area contributed by atoms with E-state index in [0.717, 1.165) is 5.56 Å². The Morgan fingerprint density at radius 3 is 2.59 bits per heavy atom. The van der Waals surface area contributed by atoms with Gasteiger partial charge in [0.1, 0.15) is 17.5 Å². The number of nitrogens with zero attached hydrogens (tertiary/aromatic N) is 2. The second-order valence-electron chi connectivity index (χ2n) is 4.63. The van der Waals surface area contributed by atoms with E-state index in [-0.39, 0.29) is 11.6 Å². The molecular weight excluding hydrogens is 276 g/mol. The van der Waals surface area contributed by atoms with Crippen molar-refractivity contribution in [3.63, 3.8) is 0 Å². The molecule has 0 spiro atoms. The van der Waals surface area contributed by atoms with E-state index >= 15 is 0 Å². The number of carbonyl (C=O) groups excluding carboxylic acids is 1. The zero-order chi connectivity index (χ0) is 15.8. The molecule has 1 amide bonds. The fraction of sp³-hybridized carbons (Fsp3) is 0.118. The molecule has 0 fully saturated rings. The number of rotatable bonds is 5. The van der Waals surface area contributed by atoms with Gasteiger partial charge in [-0.25, -0.2) is 4.98 Å². The normalized spacial score (nSPS) is 12.1. The third kappa shape index (κ3) is 4.18. The molecular formula is C17H16N4O. The van der Waals surface area contributed by atoms with Crippen molar-refractivity contribution in [2.75, 3.05) is 5.32 Å². The third-order valence-electron chi connectivity index (χ3n) is 3.04. The summed E-state index contributed by atoms with van der Waals surface area (Å²) in [6.45, 7) is 1.87. The van der Waals surface area contributed by atoms with Crippen molar-refractivity contribution in [3.8, 4) is 6.07 Å². The molecule has 0 aliphatic carbocycles. The number of pyridine rings is 1. The molecule has 1 unspecified atom stereocenters. The molecule has 0 aliphatic heterocycles. The molecule has 0 aliphatic rings. The monoisotopic (exact) mass is 292 g/mol. The Morgan fingerprint density at radius 2 is 1.95 bits per heavy atom. The van der Waals surface area contributed by atoms with Crippen molar-refractivity contribution in [3.05, 3.63) is 72.1 Å². The lowest BCUT2D eigenvalue weighted by Crippen LogP contribution is -2.28. The maximum Gasteiger partial charge on any atom is 0.263 e. The molecule has 1 heterocycles. The first-order chi connectivity index (χ1) is 10.7. The number of anilines is 1. The fourth-order valence-electron chi connectivity index (χ4n) is 1.84. The van der Waals surface area contributed by atoms with Crippen molar-refractivity contribution in [1.29, 1.82) is 5.26 Å². The van der Waals surface area contributed by atoms with Crippen molar-refractivity contribution in [2.24, 2.45) is 0 Å². The largest absolute Gasteiger partial charge is 0.345 e. The zero-order valence-electron chi connectivity index (χ0n) is 12.2. The van der Waals surface area contributed by atoms with Crippen LogP contribution in [0.25, 0.3) is 0 Å². The van der Waals surface area contributed by atoms with Gasteiger partial charge >= 0.3 is 0 Å². The van der Waals surface area contributed by atoms with Crippen LogP contribution in [0.1, 0.15) is 18.5 Å². The minimum atomic E-state index is -0.428. The summed E-state index contributed by atoms with van der Waals surface area (Å²) in [7, 11) is 0. The summed E-state index contributed by atoms with van der Waals surface area (Å²) in [5, 5.41) is 14.7. The van der Waals surface area contributed by atoms with Crippen LogP contribution in [0, 0.1) is 11.3 Å². The molecule has 110 valence electrons. The molecule has 0 saturated carbocycles. The van der Waals surface area contributed by atoms with E-state index in [0.29, 0.717) is 5.82 Å². The average Bonchev–Trinajstić information content (AvgIpc) is 2.57. The molecule has 2 N–H and O–H groups in total. The molecule has 0 bridgehead atoms. The van der Waals surface area contributed by atoms with Crippen LogP contribution in [-0.2, 0) is 4.79 Å².